The minimum atomic E-state index is -0.334. The van der Waals surface area contributed by atoms with Gasteiger partial charge in [0, 0.05) is 23.7 Å². The second-order valence-electron chi connectivity index (χ2n) is 4.38. The Bertz CT molecular complexity index is 556. The lowest BCUT2D eigenvalue weighted by atomic mass is 10.1. The van der Waals surface area contributed by atoms with Crippen molar-refractivity contribution in [2.24, 2.45) is 0 Å². The zero-order chi connectivity index (χ0) is 13.8. The lowest BCUT2D eigenvalue weighted by Gasteiger charge is -2.14. The van der Waals surface area contributed by atoms with Crippen molar-refractivity contribution in [3.63, 3.8) is 0 Å². The highest BCUT2D eigenvalue weighted by atomic mass is 32.1. The summed E-state index contributed by atoms with van der Waals surface area (Å²) in [4.78, 5) is 4.38. The van der Waals surface area contributed by atoms with Gasteiger partial charge >= 0.3 is 0 Å². The van der Waals surface area contributed by atoms with Crippen molar-refractivity contribution in [3.05, 3.63) is 45.7 Å². The molecule has 0 amide bonds. The molecule has 1 unspecified atom stereocenters. The first-order valence-corrected chi connectivity index (χ1v) is 6.96. The normalized spacial score (nSPS) is 12.4. The van der Waals surface area contributed by atoms with Gasteiger partial charge in [0.25, 0.3) is 0 Å². The average Bonchev–Trinajstić information content (AvgIpc) is 2.81. The number of ether oxygens (including phenoxy) is 1. The Morgan fingerprint density at radius 3 is 2.84 bits per heavy atom. The fourth-order valence-electron chi connectivity index (χ4n) is 1.79. The van der Waals surface area contributed by atoms with Gasteiger partial charge in [-0.25, -0.2) is 9.37 Å². The number of benzene rings is 1. The number of hydrogen-bond donors (Lipinski definition) is 1. The highest BCUT2D eigenvalue weighted by molar-refractivity contribution is 7.09. The van der Waals surface area contributed by atoms with Crippen LogP contribution in [-0.2, 0) is 6.54 Å². The van der Waals surface area contributed by atoms with E-state index < -0.39 is 0 Å². The van der Waals surface area contributed by atoms with Crippen molar-refractivity contribution in [2.75, 3.05) is 7.11 Å². The van der Waals surface area contributed by atoms with Crippen LogP contribution in [0, 0.1) is 12.7 Å². The minimum absolute atomic E-state index is 0.0598. The lowest BCUT2D eigenvalue weighted by Crippen LogP contribution is -2.18. The molecule has 102 valence electrons. The molecule has 1 atom stereocenters. The molecule has 5 heteroatoms. The van der Waals surface area contributed by atoms with Crippen LogP contribution in [0.5, 0.6) is 5.75 Å². The van der Waals surface area contributed by atoms with Gasteiger partial charge in [0.1, 0.15) is 5.01 Å². The van der Waals surface area contributed by atoms with Gasteiger partial charge < -0.3 is 10.1 Å². The fourth-order valence-corrected chi connectivity index (χ4v) is 2.52. The molecule has 2 aromatic rings. The summed E-state index contributed by atoms with van der Waals surface area (Å²) in [5.74, 6) is -0.0646. The van der Waals surface area contributed by atoms with Crippen molar-refractivity contribution >= 4 is 11.3 Å². The predicted molar refractivity (Wildman–Crippen MR) is 75.1 cm³/mol. The number of aromatic nitrogens is 1. The van der Waals surface area contributed by atoms with Gasteiger partial charge in [0.2, 0.25) is 0 Å². The number of thiazole rings is 1. The second-order valence-corrected chi connectivity index (χ2v) is 5.32. The monoisotopic (exact) mass is 280 g/mol. The van der Waals surface area contributed by atoms with Crippen LogP contribution in [-0.4, -0.2) is 12.1 Å². The van der Waals surface area contributed by atoms with Crippen molar-refractivity contribution in [1.29, 1.82) is 0 Å². The quantitative estimate of drug-likeness (QED) is 0.911. The number of hydrogen-bond acceptors (Lipinski definition) is 4. The Morgan fingerprint density at radius 2 is 2.26 bits per heavy atom. The molecule has 0 spiro atoms. The predicted octanol–water partition coefficient (Wildman–Crippen LogP) is 3.45. The van der Waals surface area contributed by atoms with Crippen LogP contribution >= 0.6 is 11.3 Å². The van der Waals surface area contributed by atoms with Crippen LogP contribution < -0.4 is 10.1 Å². The van der Waals surface area contributed by atoms with Crippen LogP contribution in [0.2, 0.25) is 0 Å². The molecule has 19 heavy (non-hydrogen) atoms. The molecule has 0 bridgehead atoms. The van der Waals surface area contributed by atoms with Gasteiger partial charge in [-0.2, -0.15) is 0 Å². The van der Waals surface area contributed by atoms with Gasteiger partial charge in [-0.15, -0.1) is 11.3 Å². The maximum absolute atomic E-state index is 13.6. The Labute approximate surface area is 116 Å². The molecule has 0 aliphatic heterocycles. The fraction of sp³-hybridized carbons (Fsp3) is 0.357. The molecular formula is C14H17FN2OS. The highest BCUT2D eigenvalue weighted by Gasteiger charge is 2.10. The van der Waals surface area contributed by atoms with Crippen molar-refractivity contribution in [2.45, 2.75) is 26.4 Å². The van der Waals surface area contributed by atoms with E-state index in [2.05, 4.69) is 10.3 Å². The first-order valence-electron chi connectivity index (χ1n) is 6.08. The van der Waals surface area contributed by atoms with Crippen LogP contribution in [0.4, 0.5) is 4.39 Å². The molecule has 2 rings (SSSR count). The third kappa shape index (κ3) is 3.52. The Kier molecular flexibility index (Phi) is 4.50. The summed E-state index contributed by atoms with van der Waals surface area (Å²) in [7, 11) is 1.46. The molecule has 0 aliphatic rings. The van der Waals surface area contributed by atoms with E-state index in [1.54, 1.807) is 17.4 Å². The summed E-state index contributed by atoms with van der Waals surface area (Å²) in [6.07, 6.45) is 0. The largest absolute Gasteiger partial charge is 0.494 e. The summed E-state index contributed by atoms with van der Waals surface area (Å²) in [6.45, 7) is 4.66. The van der Waals surface area contributed by atoms with E-state index >= 15 is 0 Å². The lowest BCUT2D eigenvalue weighted by molar-refractivity contribution is 0.385. The summed E-state index contributed by atoms with van der Waals surface area (Å²) >= 11 is 1.63. The number of halogens is 1. The summed E-state index contributed by atoms with van der Waals surface area (Å²) < 4.78 is 18.5. The molecule has 3 nitrogen and oxygen atoms in total. The van der Waals surface area contributed by atoms with Crippen LogP contribution in [0.15, 0.2) is 23.6 Å². The topological polar surface area (TPSA) is 34.1 Å². The van der Waals surface area contributed by atoms with Crippen molar-refractivity contribution in [1.82, 2.24) is 10.3 Å². The van der Waals surface area contributed by atoms with Crippen LogP contribution in [0.25, 0.3) is 0 Å². The molecule has 1 aromatic carbocycles. The van der Waals surface area contributed by atoms with Crippen molar-refractivity contribution in [3.8, 4) is 5.75 Å². The molecule has 1 heterocycles. The molecule has 0 fully saturated rings. The third-order valence-corrected chi connectivity index (χ3v) is 3.87. The first-order chi connectivity index (χ1) is 9.10. The average molecular weight is 280 g/mol. The standard InChI is InChI=1S/C14H17FN2OS/c1-9-8-19-14(17-9)7-16-10(2)11-4-5-13(18-3)12(15)6-11/h4-6,8,10,16H,7H2,1-3H3. The summed E-state index contributed by atoms with van der Waals surface area (Å²) in [5, 5.41) is 6.40. The van der Waals surface area contributed by atoms with E-state index in [4.69, 9.17) is 4.74 Å². The van der Waals surface area contributed by atoms with E-state index in [0.717, 1.165) is 16.3 Å². The Hall–Kier alpha value is -1.46. The number of methoxy groups -OCH3 is 1. The SMILES string of the molecule is COc1ccc(C(C)NCc2nc(C)cs2)cc1F. The smallest absolute Gasteiger partial charge is 0.165 e. The number of aryl methyl sites for hydroxylation is 1. The number of nitrogens with one attached hydrogen (secondary N) is 1. The molecular weight excluding hydrogens is 263 g/mol. The van der Waals surface area contributed by atoms with Crippen molar-refractivity contribution < 1.29 is 9.13 Å². The minimum Gasteiger partial charge on any atom is -0.494 e. The summed E-state index contributed by atoms with van der Waals surface area (Å²) in [6, 6.07) is 5.08. The Balaban J connectivity index is 1.99. The zero-order valence-electron chi connectivity index (χ0n) is 11.2. The molecule has 0 saturated carbocycles. The van der Waals surface area contributed by atoms with E-state index in [1.807, 2.05) is 25.3 Å². The highest BCUT2D eigenvalue weighted by Crippen LogP contribution is 2.22. The summed E-state index contributed by atoms with van der Waals surface area (Å²) in [5.41, 5.74) is 1.93. The Morgan fingerprint density at radius 1 is 1.47 bits per heavy atom. The molecule has 1 N–H and O–H groups in total. The maximum Gasteiger partial charge on any atom is 0.165 e. The van der Waals surface area contributed by atoms with Gasteiger partial charge in [-0.05, 0) is 31.5 Å². The first kappa shape index (κ1) is 14.0. The molecule has 0 radical (unpaired) electrons. The molecule has 1 aromatic heterocycles. The van der Waals surface area contributed by atoms with E-state index in [0.29, 0.717) is 6.54 Å². The van der Waals surface area contributed by atoms with Crippen LogP contribution in [0.3, 0.4) is 0 Å². The van der Waals surface area contributed by atoms with E-state index in [1.165, 1.54) is 13.2 Å². The number of rotatable bonds is 5. The third-order valence-electron chi connectivity index (χ3n) is 2.90. The van der Waals surface area contributed by atoms with Crippen LogP contribution in [0.1, 0.15) is 29.2 Å². The second kappa shape index (κ2) is 6.12. The van der Waals surface area contributed by atoms with Gasteiger partial charge in [0.15, 0.2) is 11.6 Å². The zero-order valence-corrected chi connectivity index (χ0v) is 12.1. The van der Waals surface area contributed by atoms with Gasteiger partial charge in [-0.1, -0.05) is 6.07 Å². The maximum atomic E-state index is 13.6. The van der Waals surface area contributed by atoms with Gasteiger partial charge in [0.05, 0.1) is 7.11 Å². The van der Waals surface area contributed by atoms with Gasteiger partial charge in [-0.3, -0.25) is 0 Å². The molecule has 0 aliphatic carbocycles. The van der Waals surface area contributed by atoms with E-state index in [-0.39, 0.29) is 17.6 Å². The van der Waals surface area contributed by atoms with E-state index in [9.17, 15) is 4.39 Å². The molecule has 0 saturated heterocycles. The number of nitrogens with zero attached hydrogens (tertiary/aromatic N) is 1.